The molecule has 8 aromatic carbocycles. The normalized spacial score (nSPS) is 13.1. The van der Waals surface area contributed by atoms with E-state index >= 15 is 0 Å². The number of hydrogen-bond acceptors (Lipinski definition) is 5. The smallest absolute Gasteiger partial charge is 0.164 e. The minimum atomic E-state index is -0.504. The van der Waals surface area contributed by atoms with Crippen LogP contribution in [-0.4, -0.2) is 19.9 Å². The summed E-state index contributed by atoms with van der Waals surface area (Å²) in [5, 5.41) is 1.15. The largest absolute Gasteiger partial charge is 0.256 e. The maximum Gasteiger partial charge on any atom is 0.164 e. The number of rotatable bonds is 5. The molecule has 2 aromatic heterocycles. The van der Waals surface area contributed by atoms with E-state index in [4.69, 9.17) is 15.0 Å². The molecule has 12 rings (SSSR count). The molecule has 5 heteroatoms. The highest BCUT2D eigenvalue weighted by Gasteiger charge is 2.50. The van der Waals surface area contributed by atoms with Gasteiger partial charge in [0.15, 0.2) is 17.5 Å². The van der Waals surface area contributed by atoms with E-state index in [9.17, 15) is 0 Å². The van der Waals surface area contributed by atoms with Gasteiger partial charge in [-0.15, -0.1) is 0 Å². The second kappa shape index (κ2) is 13.8. The molecule has 60 heavy (non-hydrogen) atoms. The highest BCUT2D eigenvalue weighted by Crippen LogP contribution is 2.62. The van der Waals surface area contributed by atoms with Crippen molar-refractivity contribution in [3.8, 4) is 67.5 Å². The second-order valence-corrected chi connectivity index (χ2v) is 16.4. The summed E-state index contributed by atoms with van der Waals surface area (Å²) in [5.41, 5.74) is 15.6. The average Bonchev–Trinajstić information content (AvgIpc) is 3.61. The Kier molecular flexibility index (Phi) is 7.97. The fourth-order valence-corrected chi connectivity index (χ4v) is 10.5. The van der Waals surface area contributed by atoms with Gasteiger partial charge in [0, 0.05) is 38.1 Å². The van der Waals surface area contributed by atoms with Crippen LogP contribution in [0, 0.1) is 0 Å². The highest BCUT2D eigenvalue weighted by molar-refractivity contribution is 7.99. The zero-order chi connectivity index (χ0) is 39.6. The molecule has 2 aliphatic rings. The van der Waals surface area contributed by atoms with Gasteiger partial charge < -0.3 is 0 Å². The van der Waals surface area contributed by atoms with Crippen LogP contribution in [0.4, 0.5) is 0 Å². The van der Waals surface area contributed by atoms with Crippen molar-refractivity contribution in [2.45, 2.75) is 15.2 Å². The summed E-state index contributed by atoms with van der Waals surface area (Å²) in [6.07, 6.45) is 1.90. The van der Waals surface area contributed by atoms with Crippen LogP contribution < -0.4 is 0 Å². The van der Waals surface area contributed by atoms with E-state index < -0.39 is 5.41 Å². The van der Waals surface area contributed by atoms with Crippen molar-refractivity contribution in [2.75, 3.05) is 0 Å². The highest BCUT2D eigenvalue weighted by atomic mass is 32.2. The van der Waals surface area contributed by atoms with Gasteiger partial charge in [0.2, 0.25) is 0 Å². The number of para-hydroxylation sites is 1. The van der Waals surface area contributed by atoms with Crippen LogP contribution in [0.15, 0.2) is 216 Å². The molecular weight excluding hydrogens is 749 g/mol. The molecule has 1 aliphatic heterocycles. The van der Waals surface area contributed by atoms with Crippen LogP contribution in [0.3, 0.4) is 0 Å². The first-order valence-corrected chi connectivity index (χ1v) is 21.0. The van der Waals surface area contributed by atoms with E-state index in [-0.39, 0.29) is 0 Å². The van der Waals surface area contributed by atoms with E-state index in [2.05, 4.69) is 163 Å². The van der Waals surface area contributed by atoms with Gasteiger partial charge in [-0.1, -0.05) is 176 Å². The molecule has 0 saturated heterocycles. The first-order valence-electron chi connectivity index (χ1n) is 20.2. The number of fused-ring (bicyclic) bond motifs is 10. The molecular formula is C55H34N4S. The number of nitrogens with zero attached hydrogens (tertiary/aromatic N) is 4. The molecule has 3 heterocycles. The van der Waals surface area contributed by atoms with Crippen molar-refractivity contribution in [1.82, 2.24) is 19.9 Å². The van der Waals surface area contributed by atoms with Gasteiger partial charge in [0.25, 0.3) is 0 Å². The predicted molar refractivity (Wildman–Crippen MR) is 244 cm³/mol. The zero-order valence-corrected chi connectivity index (χ0v) is 33.1. The van der Waals surface area contributed by atoms with Crippen molar-refractivity contribution < 1.29 is 0 Å². The standard InChI is InChI=1S/C55H34N4S/c1-3-13-37(14-4-1)52-57-53(38-15-5-2-6-16-38)59-54(58-52)40-28-30-46-44(34-40)43-33-39(35-23-25-36(26-24-35)41-31-32-56-49-20-10-7-17-42(41)49)27-29-45(43)55(46)47-18-8-11-21-50(47)60-51-22-12-9-19-48(51)55/h1-34H. The van der Waals surface area contributed by atoms with Gasteiger partial charge in [-0.25, -0.2) is 15.0 Å². The third-order valence-electron chi connectivity index (χ3n) is 12.1. The molecule has 0 N–H and O–H groups in total. The molecule has 280 valence electrons. The maximum atomic E-state index is 5.14. The lowest BCUT2D eigenvalue weighted by Crippen LogP contribution is -2.31. The van der Waals surface area contributed by atoms with E-state index in [1.807, 2.05) is 60.4 Å². The van der Waals surface area contributed by atoms with Crippen molar-refractivity contribution >= 4 is 22.7 Å². The Morgan fingerprint density at radius 1 is 0.333 bits per heavy atom. The lowest BCUT2D eigenvalue weighted by molar-refractivity contribution is 0.722. The number of pyridine rings is 1. The maximum absolute atomic E-state index is 5.14. The average molecular weight is 783 g/mol. The van der Waals surface area contributed by atoms with Crippen LogP contribution in [0.2, 0.25) is 0 Å². The molecule has 10 aromatic rings. The number of aromatic nitrogens is 4. The quantitative estimate of drug-likeness (QED) is 0.174. The molecule has 1 spiro atoms. The Morgan fingerprint density at radius 3 is 1.45 bits per heavy atom. The van der Waals surface area contributed by atoms with Crippen LogP contribution in [-0.2, 0) is 5.41 Å². The fraction of sp³-hybridized carbons (Fsp3) is 0.0182. The predicted octanol–water partition coefficient (Wildman–Crippen LogP) is 13.6. The van der Waals surface area contributed by atoms with Crippen LogP contribution in [0.1, 0.15) is 22.3 Å². The monoisotopic (exact) mass is 782 g/mol. The van der Waals surface area contributed by atoms with Crippen molar-refractivity contribution in [1.29, 1.82) is 0 Å². The van der Waals surface area contributed by atoms with E-state index in [1.54, 1.807) is 0 Å². The Morgan fingerprint density at radius 2 is 0.817 bits per heavy atom. The minimum Gasteiger partial charge on any atom is -0.256 e. The Hall–Kier alpha value is -7.47. The number of hydrogen-bond donors (Lipinski definition) is 0. The van der Waals surface area contributed by atoms with Gasteiger partial charge in [-0.05, 0) is 92.0 Å². The fourth-order valence-electron chi connectivity index (χ4n) is 9.35. The Labute approximate surface area is 352 Å². The lowest BCUT2D eigenvalue weighted by Gasteiger charge is -2.39. The van der Waals surface area contributed by atoms with Gasteiger partial charge >= 0.3 is 0 Å². The molecule has 0 atom stereocenters. The summed E-state index contributed by atoms with van der Waals surface area (Å²) in [4.78, 5) is 22.4. The summed E-state index contributed by atoms with van der Waals surface area (Å²) in [6.45, 7) is 0. The lowest BCUT2D eigenvalue weighted by atomic mass is 9.67. The summed E-state index contributed by atoms with van der Waals surface area (Å²) in [6, 6.07) is 71.6. The second-order valence-electron chi connectivity index (χ2n) is 15.4. The van der Waals surface area contributed by atoms with E-state index in [1.165, 1.54) is 54.3 Å². The van der Waals surface area contributed by atoms with E-state index in [0.29, 0.717) is 17.5 Å². The first-order chi connectivity index (χ1) is 29.7. The van der Waals surface area contributed by atoms with Gasteiger partial charge in [0.05, 0.1) is 10.9 Å². The van der Waals surface area contributed by atoms with E-state index in [0.717, 1.165) is 38.7 Å². The first kappa shape index (κ1) is 34.6. The van der Waals surface area contributed by atoms with Crippen molar-refractivity contribution in [3.05, 3.63) is 229 Å². The minimum absolute atomic E-state index is 0.504. The summed E-state index contributed by atoms with van der Waals surface area (Å²) >= 11 is 1.86. The topological polar surface area (TPSA) is 51.6 Å². The van der Waals surface area contributed by atoms with Crippen LogP contribution >= 0.6 is 11.8 Å². The van der Waals surface area contributed by atoms with Crippen molar-refractivity contribution in [2.24, 2.45) is 0 Å². The summed E-state index contributed by atoms with van der Waals surface area (Å²) in [7, 11) is 0. The summed E-state index contributed by atoms with van der Waals surface area (Å²) < 4.78 is 0. The number of benzene rings is 8. The molecule has 0 unspecified atom stereocenters. The Bertz CT molecular complexity index is 3180. The molecule has 0 bridgehead atoms. The zero-order valence-electron chi connectivity index (χ0n) is 32.3. The Balaban J connectivity index is 1.06. The van der Waals surface area contributed by atoms with Gasteiger partial charge in [0.1, 0.15) is 0 Å². The summed E-state index contributed by atoms with van der Waals surface area (Å²) in [5.74, 6) is 1.94. The van der Waals surface area contributed by atoms with Crippen molar-refractivity contribution in [3.63, 3.8) is 0 Å². The molecule has 1 aliphatic carbocycles. The van der Waals surface area contributed by atoms with Gasteiger partial charge in [-0.2, -0.15) is 0 Å². The molecule has 0 saturated carbocycles. The molecule has 4 nitrogen and oxygen atoms in total. The van der Waals surface area contributed by atoms with Gasteiger partial charge in [-0.3, -0.25) is 4.98 Å². The van der Waals surface area contributed by atoms with Crippen LogP contribution in [0.25, 0.3) is 78.4 Å². The van der Waals surface area contributed by atoms with Crippen LogP contribution in [0.5, 0.6) is 0 Å². The third-order valence-corrected chi connectivity index (χ3v) is 13.2. The SMILES string of the molecule is c1ccc(-c2nc(-c3ccccc3)nc(-c3ccc4c(c3)-c3cc(-c5ccc(-c6ccnc7ccccc67)cc5)ccc3C43c4ccccc4Sc4ccccc43)n2)cc1. The molecule has 0 amide bonds. The third kappa shape index (κ3) is 5.40. The molecule has 0 radical (unpaired) electrons. The molecule has 0 fully saturated rings.